The molecule has 1 aliphatic rings. The zero-order chi connectivity index (χ0) is 18.3. The number of hydrogen-bond acceptors (Lipinski definition) is 4. The molecule has 136 valence electrons. The predicted octanol–water partition coefficient (Wildman–Crippen LogP) is 5.02. The number of nitrogens with zero attached hydrogens (tertiary/aromatic N) is 2. The second kappa shape index (κ2) is 8.52. The molecule has 4 nitrogen and oxygen atoms in total. The van der Waals surface area contributed by atoms with Gasteiger partial charge in [0.15, 0.2) is 0 Å². The minimum Gasteiger partial charge on any atom is -0.378 e. The van der Waals surface area contributed by atoms with Crippen LogP contribution >= 0.6 is 0 Å². The topological polar surface area (TPSA) is 36.9 Å². The van der Waals surface area contributed by atoms with Crippen molar-refractivity contribution in [2.45, 2.75) is 0 Å². The second-order valence-corrected chi connectivity index (χ2v) is 6.49. The first-order valence-electron chi connectivity index (χ1n) is 9.26. The lowest BCUT2D eigenvalue weighted by Gasteiger charge is -2.28. The Labute approximate surface area is 160 Å². The van der Waals surface area contributed by atoms with Gasteiger partial charge in [-0.1, -0.05) is 30.3 Å². The minimum atomic E-state index is 0.804. The molecule has 0 bridgehead atoms. The van der Waals surface area contributed by atoms with Gasteiger partial charge >= 0.3 is 0 Å². The molecule has 1 N–H and O–H groups in total. The smallest absolute Gasteiger partial charge is 0.0642 e. The number of ether oxygens (including phenoxy) is 1. The Morgan fingerprint density at radius 1 is 0.778 bits per heavy atom. The van der Waals surface area contributed by atoms with Crippen LogP contribution in [0.2, 0.25) is 0 Å². The van der Waals surface area contributed by atoms with Crippen molar-refractivity contribution in [2.24, 2.45) is 4.99 Å². The van der Waals surface area contributed by atoms with Crippen LogP contribution < -0.4 is 10.2 Å². The molecule has 0 spiro atoms. The van der Waals surface area contributed by atoms with E-state index in [0.717, 1.165) is 48.9 Å². The van der Waals surface area contributed by atoms with Crippen LogP contribution in [0.25, 0.3) is 0 Å². The Kier molecular flexibility index (Phi) is 5.46. The quantitative estimate of drug-likeness (QED) is 0.652. The molecule has 0 aliphatic carbocycles. The van der Waals surface area contributed by atoms with E-state index in [-0.39, 0.29) is 0 Å². The highest BCUT2D eigenvalue weighted by molar-refractivity contribution is 5.82. The van der Waals surface area contributed by atoms with E-state index in [9.17, 15) is 0 Å². The van der Waals surface area contributed by atoms with Crippen molar-refractivity contribution in [1.29, 1.82) is 0 Å². The number of aliphatic imine (C=N–C) groups is 1. The van der Waals surface area contributed by atoms with Crippen molar-refractivity contribution in [1.82, 2.24) is 0 Å². The molecule has 27 heavy (non-hydrogen) atoms. The second-order valence-electron chi connectivity index (χ2n) is 6.49. The number of nitrogens with one attached hydrogen (secondary N) is 1. The third-order valence-corrected chi connectivity index (χ3v) is 4.56. The van der Waals surface area contributed by atoms with Crippen LogP contribution in [-0.4, -0.2) is 32.5 Å². The fraction of sp³-hybridized carbons (Fsp3) is 0.174. The van der Waals surface area contributed by atoms with Crippen LogP contribution in [0.4, 0.5) is 22.7 Å². The summed E-state index contributed by atoms with van der Waals surface area (Å²) in [5, 5.41) is 3.38. The van der Waals surface area contributed by atoms with E-state index in [1.165, 1.54) is 5.69 Å². The molecule has 1 fully saturated rings. The third kappa shape index (κ3) is 4.74. The number of anilines is 3. The molecule has 1 heterocycles. The molecule has 3 aromatic rings. The molecule has 0 amide bonds. The normalized spacial score (nSPS) is 14.4. The summed E-state index contributed by atoms with van der Waals surface area (Å²) in [5.74, 6) is 0. The Morgan fingerprint density at radius 3 is 2.15 bits per heavy atom. The van der Waals surface area contributed by atoms with Gasteiger partial charge in [0, 0.05) is 36.4 Å². The number of hydrogen-bond donors (Lipinski definition) is 1. The molecule has 4 heteroatoms. The van der Waals surface area contributed by atoms with Crippen LogP contribution in [0.5, 0.6) is 0 Å². The lowest BCUT2D eigenvalue weighted by atomic mass is 10.2. The van der Waals surface area contributed by atoms with E-state index >= 15 is 0 Å². The number of para-hydroxylation sites is 1. The fourth-order valence-electron chi connectivity index (χ4n) is 3.06. The molecule has 0 aromatic heterocycles. The van der Waals surface area contributed by atoms with Gasteiger partial charge in [-0.2, -0.15) is 0 Å². The third-order valence-electron chi connectivity index (χ3n) is 4.56. The molecule has 3 aromatic carbocycles. The van der Waals surface area contributed by atoms with Crippen LogP contribution in [0, 0.1) is 0 Å². The number of benzene rings is 3. The molecule has 4 rings (SSSR count). The molecule has 0 radical (unpaired) electrons. The van der Waals surface area contributed by atoms with Crippen LogP contribution in [-0.2, 0) is 4.74 Å². The Balaban J connectivity index is 1.37. The highest BCUT2D eigenvalue weighted by Crippen LogP contribution is 2.21. The van der Waals surface area contributed by atoms with Crippen molar-refractivity contribution < 1.29 is 4.74 Å². The van der Waals surface area contributed by atoms with Crippen LogP contribution in [0.1, 0.15) is 5.56 Å². The maximum absolute atomic E-state index is 5.41. The van der Waals surface area contributed by atoms with Gasteiger partial charge in [-0.25, -0.2) is 0 Å². The first-order valence-corrected chi connectivity index (χ1v) is 9.26. The predicted molar refractivity (Wildman–Crippen MR) is 113 cm³/mol. The maximum Gasteiger partial charge on any atom is 0.0642 e. The first kappa shape index (κ1) is 17.3. The summed E-state index contributed by atoms with van der Waals surface area (Å²) >= 11 is 0. The van der Waals surface area contributed by atoms with Crippen molar-refractivity contribution in [3.05, 3.63) is 84.4 Å². The van der Waals surface area contributed by atoms with E-state index in [1.807, 2.05) is 60.8 Å². The first-order chi connectivity index (χ1) is 13.4. The van der Waals surface area contributed by atoms with Crippen molar-refractivity contribution in [3.8, 4) is 0 Å². The van der Waals surface area contributed by atoms with Gasteiger partial charge < -0.3 is 15.0 Å². The monoisotopic (exact) mass is 357 g/mol. The molecule has 0 unspecified atom stereocenters. The lowest BCUT2D eigenvalue weighted by Crippen LogP contribution is -2.36. The zero-order valence-corrected chi connectivity index (χ0v) is 15.2. The highest BCUT2D eigenvalue weighted by Gasteiger charge is 2.10. The van der Waals surface area contributed by atoms with Gasteiger partial charge in [0.1, 0.15) is 0 Å². The average Bonchev–Trinajstić information content (AvgIpc) is 2.75. The molecule has 1 saturated heterocycles. The SMILES string of the molecule is C(=Nc1ccc(Nc2ccccc2)cc1)c1ccc(N2CCOCC2)cc1. The van der Waals surface area contributed by atoms with E-state index in [0.29, 0.717) is 0 Å². The number of morpholine rings is 1. The van der Waals surface area contributed by atoms with Crippen LogP contribution in [0.15, 0.2) is 83.9 Å². The fourth-order valence-corrected chi connectivity index (χ4v) is 3.06. The molecular formula is C23H23N3O. The van der Waals surface area contributed by atoms with Crippen LogP contribution in [0.3, 0.4) is 0 Å². The van der Waals surface area contributed by atoms with E-state index in [1.54, 1.807) is 0 Å². The summed E-state index contributed by atoms with van der Waals surface area (Å²) in [6, 6.07) is 26.8. The van der Waals surface area contributed by atoms with E-state index in [4.69, 9.17) is 4.74 Å². The number of rotatable bonds is 5. The summed E-state index contributed by atoms with van der Waals surface area (Å²) < 4.78 is 5.41. The van der Waals surface area contributed by atoms with Crippen molar-refractivity contribution in [3.63, 3.8) is 0 Å². The summed E-state index contributed by atoms with van der Waals surface area (Å²) in [6.07, 6.45) is 1.91. The van der Waals surface area contributed by atoms with E-state index in [2.05, 4.69) is 39.5 Å². The van der Waals surface area contributed by atoms with Gasteiger partial charge in [-0.3, -0.25) is 4.99 Å². The summed E-state index contributed by atoms with van der Waals surface area (Å²) in [5.41, 5.74) is 5.40. The summed E-state index contributed by atoms with van der Waals surface area (Å²) in [6.45, 7) is 3.52. The molecular weight excluding hydrogens is 334 g/mol. The van der Waals surface area contributed by atoms with Gasteiger partial charge in [0.25, 0.3) is 0 Å². The van der Waals surface area contributed by atoms with Crippen molar-refractivity contribution >= 4 is 29.0 Å². The maximum atomic E-state index is 5.41. The van der Waals surface area contributed by atoms with E-state index < -0.39 is 0 Å². The Hall–Kier alpha value is -3.11. The largest absolute Gasteiger partial charge is 0.378 e. The molecule has 1 aliphatic heterocycles. The van der Waals surface area contributed by atoms with Gasteiger partial charge in [-0.05, 0) is 54.1 Å². The Morgan fingerprint density at radius 2 is 1.44 bits per heavy atom. The molecule has 0 atom stereocenters. The average molecular weight is 357 g/mol. The minimum absolute atomic E-state index is 0.804. The van der Waals surface area contributed by atoms with Gasteiger partial charge in [-0.15, -0.1) is 0 Å². The van der Waals surface area contributed by atoms with Gasteiger partial charge in [0.2, 0.25) is 0 Å². The van der Waals surface area contributed by atoms with Crippen molar-refractivity contribution in [2.75, 3.05) is 36.5 Å². The highest BCUT2D eigenvalue weighted by atomic mass is 16.5. The summed E-state index contributed by atoms with van der Waals surface area (Å²) in [7, 11) is 0. The molecule has 0 saturated carbocycles. The standard InChI is InChI=1S/C23H23N3O/c1-2-4-21(5-3-1)25-22-10-8-20(9-11-22)24-18-19-6-12-23(13-7-19)26-14-16-27-17-15-26/h1-13,18,25H,14-17H2. The lowest BCUT2D eigenvalue weighted by molar-refractivity contribution is 0.122. The summed E-state index contributed by atoms with van der Waals surface area (Å²) in [4.78, 5) is 6.93. The zero-order valence-electron chi connectivity index (χ0n) is 15.2. The Bertz CT molecular complexity index is 868. The van der Waals surface area contributed by atoms with Gasteiger partial charge in [0.05, 0.1) is 18.9 Å².